The maximum absolute atomic E-state index is 13.7. The molecule has 1 aromatic carbocycles. The van der Waals surface area contributed by atoms with Gasteiger partial charge in [0, 0.05) is 23.2 Å². The Bertz CT molecular complexity index is 526. The van der Waals surface area contributed by atoms with E-state index in [2.05, 4.69) is 5.32 Å². The summed E-state index contributed by atoms with van der Waals surface area (Å²) in [6.07, 6.45) is 3.71. The monoisotopic (exact) mass is 279 g/mol. The van der Waals surface area contributed by atoms with Gasteiger partial charge in [0.15, 0.2) is 0 Å². The third kappa shape index (κ3) is 4.84. The molecular weight excluding hydrogens is 261 g/mol. The molecule has 0 fully saturated rings. The highest BCUT2D eigenvalue weighted by molar-refractivity contribution is 5.92. The Morgan fingerprint density at radius 2 is 2.15 bits per heavy atom. The molecule has 20 heavy (non-hydrogen) atoms. The molecule has 1 aromatic rings. The summed E-state index contributed by atoms with van der Waals surface area (Å²) in [6, 6.07) is 4.15. The van der Waals surface area contributed by atoms with Gasteiger partial charge in [-0.2, -0.15) is 0 Å². The average Bonchev–Trinajstić information content (AvgIpc) is 2.37. The van der Waals surface area contributed by atoms with Crippen LogP contribution in [-0.4, -0.2) is 17.0 Å². The minimum Gasteiger partial charge on any atom is -0.478 e. The molecular formula is C15H18FNO3. The van der Waals surface area contributed by atoms with E-state index < -0.39 is 11.8 Å². The van der Waals surface area contributed by atoms with Crippen molar-refractivity contribution >= 4 is 23.6 Å². The van der Waals surface area contributed by atoms with Gasteiger partial charge in [-0.1, -0.05) is 20.3 Å². The van der Waals surface area contributed by atoms with Crippen molar-refractivity contribution < 1.29 is 19.1 Å². The van der Waals surface area contributed by atoms with Crippen LogP contribution in [0.15, 0.2) is 24.3 Å². The molecule has 0 bridgehead atoms. The normalized spacial score (nSPS) is 12.3. The van der Waals surface area contributed by atoms with E-state index in [1.807, 2.05) is 13.8 Å². The van der Waals surface area contributed by atoms with Gasteiger partial charge in [0.1, 0.15) is 5.82 Å². The first-order valence-corrected chi connectivity index (χ1v) is 6.45. The number of amides is 1. The number of aliphatic carboxylic acids is 1. The molecule has 0 aromatic heterocycles. The van der Waals surface area contributed by atoms with Crippen molar-refractivity contribution in [3.8, 4) is 0 Å². The van der Waals surface area contributed by atoms with Gasteiger partial charge in [-0.05, 0) is 30.7 Å². The van der Waals surface area contributed by atoms with Crippen LogP contribution >= 0.6 is 0 Å². The Morgan fingerprint density at radius 1 is 1.45 bits per heavy atom. The van der Waals surface area contributed by atoms with Crippen LogP contribution in [0.5, 0.6) is 0 Å². The van der Waals surface area contributed by atoms with Crippen molar-refractivity contribution in [2.45, 2.75) is 26.7 Å². The number of hydrogen-bond acceptors (Lipinski definition) is 2. The Balaban J connectivity index is 2.77. The van der Waals surface area contributed by atoms with Crippen LogP contribution in [0.1, 0.15) is 32.3 Å². The Labute approximate surface area is 117 Å². The summed E-state index contributed by atoms with van der Waals surface area (Å²) in [6.45, 7) is 3.81. The lowest BCUT2D eigenvalue weighted by molar-refractivity contribution is -0.131. The van der Waals surface area contributed by atoms with Gasteiger partial charge in [-0.15, -0.1) is 0 Å². The molecule has 0 saturated heterocycles. The van der Waals surface area contributed by atoms with Gasteiger partial charge in [0.25, 0.3) is 0 Å². The molecule has 5 heteroatoms. The van der Waals surface area contributed by atoms with E-state index in [4.69, 9.17) is 5.11 Å². The highest BCUT2D eigenvalue weighted by atomic mass is 19.1. The lowest BCUT2D eigenvalue weighted by atomic mass is 10.1. The van der Waals surface area contributed by atoms with E-state index in [1.54, 1.807) is 6.07 Å². The summed E-state index contributed by atoms with van der Waals surface area (Å²) in [7, 11) is 0. The average molecular weight is 279 g/mol. The fourth-order valence-corrected chi connectivity index (χ4v) is 1.73. The zero-order chi connectivity index (χ0) is 15.1. The molecule has 0 spiro atoms. The Hall–Kier alpha value is -2.17. The van der Waals surface area contributed by atoms with E-state index in [0.717, 1.165) is 18.9 Å². The summed E-state index contributed by atoms with van der Waals surface area (Å²) in [4.78, 5) is 22.2. The number of carbonyl (C=O) groups is 2. The minimum absolute atomic E-state index is 0.130. The molecule has 0 saturated carbocycles. The van der Waals surface area contributed by atoms with Gasteiger partial charge in [-0.25, -0.2) is 9.18 Å². The summed E-state index contributed by atoms with van der Waals surface area (Å²) >= 11 is 0. The topological polar surface area (TPSA) is 66.4 Å². The van der Waals surface area contributed by atoms with Crippen molar-refractivity contribution in [3.05, 3.63) is 35.7 Å². The third-order valence-corrected chi connectivity index (χ3v) is 2.84. The van der Waals surface area contributed by atoms with Crippen LogP contribution in [0.2, 0.25) is 0 Å². The maximum Gasteiger partial charge on any atom is 0.328 e. The van der Waals surface area contributed by atoms with Gasteiger partial charge in [-0.3, -0.25) is 4.79 Å². The summed E-state index contributed by atoms with van der Waals surface area (Å²) in [5.74, 6) is -2.01. The number of nitrogens with one attached hydrogen (secondary N) is 1. The molecule has 0 aliphatic heterocycles. The number of carboxylic acids is 1. The number of halogens is 1. The number of carboxylic acid groups (broad SMARTS) is 1. The zero-order valence-electron chi connectivity index (χ0n) is 11.5. The SMILES string of the molecule is CCCC(C)C(=O)Nc1ccc(C=CC(=O)O)c(F)c1. The Morgan fingerprint density at radius 3 is 2.70 bits per heavy atom. The molecule has 4 nitrogen and oxygen atoms in total. The quantitative estimate of drug-likeness (QED) is 0.785. The van der Waals surface area contributed by atoms with Crippen LogP contribution in [0.3, 0.4) is 0 Å². The van der Waals surface area contributed by atoms with Gasteiger partial charge < -0.3 is 10.4 Å². The lowest BCUT2D eigenvalue weighted by Gasteiger charge is -2.11. The lowest BCUT2D eigenvalue weighted by Crippen LogP contribution is -2.20. The van der Waals surface area contributed by atoms with E-state index in [9.17, 15) is 14.0 Å². The predicted octanol–water partition coefficient (Wildman–Crippen LogP) is 3.30. The fraction of sp³-hybridized carbons (Fsp3) is 0.333. The second-order valence-electron chi connectivity index (χ2n) is 4.59. The second-order valence-corrected chi connectivity index (χ2v) is 4.59. The molecule has 1 amide bonds. The van der Waals surface area contributed by atoms with Crippen LogP contribution in [-0.2, 0) is 9.59 Å². The van der Waals surface area contributed by atoms with Crippen LogP contribution in [0, 0.1) is 11.7 Å². The van der Waals surface area contributed by atoms with Crippen LogP contribution in [0.25, 0.3) is 6.08 Å². The summed E-state index contributed by atoms with van der Waals surface area (Å²) in [5.41, 5.74) is 0.523. The molecule has 2 N–H and O–H groups in total. The van der Waals surface area contributed by atoms with Crippen LogP contribution in [0.4, 0.5) is 10.1 Å². The van der Waals surface area contributed by atoms with Crippen molar-refractivity contribution in [2.75, 3.05) is 5.32 Å². The fourth-order valence-electron chi connectivity index (χ4n) is 1.73. The molecule has 1 atom stereocenters. The predicted molar refractivity (Wildman–Crippen MR) is 75.8 cm³/mol. The molecule has 0 aliphatic rings. The van der Waals surface area contributed by atoms with Crippen molar-refractivity contribution in [1.82, 2.24) is 0 Å². The number of hydrogen-bond donors (Lipinski definition) is 2. The number of benzene rings is 1. The first-order chi connectivity index (χ1) is 9.43. The zero-order valence-corrected chi connectivity index (χ0v) is 11.5. The molecule has 0 aliphatic carbocycles. The van der Waals surface area contributed by atoms with Crippen molar-refractivity contribution in [1.29, 1.82) is 0 Å². The van der Waals surface area contributed by atoms with E-state index >= 15 is 0 Å². The molecule has 108 valence electrons. The van der Waals surface area contributed by atoms with Crippen LogP contribution < -0.4 is 5.32 Å². The first kappa shape index (κ1) is 15.9. The van der Waals surface area contributed by atoms with Crippen molar-refractivity contribution in [2.24, 2.45) is 5.92 Å². The van der Waals surface area contributed by atoms with E-state index in [1.165, 1.54) is 18.2 Å². The van der Waals surface area contributed by atoms with E-state index in [-0.39, 0.29) is 17.4 Å². The number of anilines is 1. The highest BCUT2D eigenvalue weighted by Gasteiger charge is 2.12. The smallest absolute Gasteiger partial charge is 0.328 e. The molecule has 0 heterocycles. The number of rotatable bonds is 6. The second kappa shape index (κ2) is 7.43. The highest BCUT2D eigenvalue weighted by Crippen LogP contribution is 2.17. The molecule has 1 unspecified atom stereocenters. The Kier molecular flexibility index (Phi) is 5.90. The number of carbonyl (C=O) groups excluding carboxylic acids is 1. The van der Waals surface area contributed by atoms with Crippen molar-refractivity contribution in [3.63, 3.8) is 0 Å². The third-order valence-electron chi connectivity index (χ3n) is 2.84. The minimum atomic E-state index is -1.14. The molecule has 0 radical (unpaired) electrons. The van der Waals surface area contributed by atoms with Gasteiger partial charge in [0.2, 0.25) is 5.91 Å². The van der Waals surface area contributed by atoms with E-state index in [0.29, 0.717) is 5.69 Å². The van der Waals surface area contributed by atoms with Gasteiger partial charge >= 0.3 is 5.97 Å². The standard InChI is InChI=1S/C15H18FNO3/c1-3-4-10(2)15(20)17-12-7-5-11(13(16)9-12)6-8-14(18)19/h5-10H,3-4H2,1-2H3,(H,17,20)(H,18,19). The first-order valence-electron chi connectivity index (χ1n) is 6.45. The maximum atomic E-state index is 13.7. The molecule has 1 rings (SSSR count). The largest absolute Gasteiger partial charge is 0.478 e. The summed E-state index contributed by atoms with van der Waals surface area (Å²) in [5, 5.41) is 11.1. The summed E-state index contributed by atoms with van der Waals surface area (Å²) < 4.78 is 13.7. The van der Waals surface area contributed by atoms with Gasteiger partial charge in [0.05, 0.1) is 0 Å².